The molecule has 5 atom stereocenters. The first-order valence-electron chi connectivity index (χ1n) is 7.20. The van der Waals surface area contributed by atoms with Gasteiger partial charge in [0.05, 0.1) is 0 Å². The molecule has 3 rings (SSSR count). The molecule has 3 fully saturated rings. The van der Waals surface area contributed by atoms with Crippen molar-refractivity contribution in [2.75, 3.05) is 0 Å². The first-order chi connectivity index (χ1) is 7.20. The number of hydrogen-bond acceptors (Lipinski definition) is 0. The summed E-state index contributed by atoms with van der Waals surface area (Å²) in [7, 11) is 0. The van der Waals surface area contributed by atoms with E-state index in [0.717, 1.165) is 28.6 Å². The zero-order chi connectivity index (χ0) is 10.7. The fourth-order valence-corrected chi connectivity index (χ4v) is 5.96. The molecule has 0 saturated heterocycles. The van der Waals surface area contributed by atoms with E-state index in [0.29, 0.717) is 0 Å². The van der Waals surface area contributed by atoms with Crippen molar-refractivity contribution in [2.45, 2.75) is 65.7 Å². The molecule has 3 saturated carbocycles. The maximum atomic E-state index is 2.52. The Balaban J connectivity index is 1.91. The highest BCUT2D eigenvalue weighted by molar-refractivity contribution is 5.25. The number of rotatable bonds is 2. The van der Waals surface area contributed by atoms with Gasteiger partial charge in [0.2, 0.25) is 0 Å². The van der Waals surface area contributed by atoms with Crippen LogP contribution in [0.25, 0.3) is 0 Å². The second-order valence-corrected chi connectivity index (χ2v) is 6.66. The van der Waals surface area contributed by atoms with Gasteiger partial charge in [0.25, 0.3) is 0 Å². The summed E-state index contributed by atoms with van der Waals surface area (Å²) in [5.74, 6) is 3.18. The van der Waals surface area contributed by atoms with E-state index < -0.39 is 0 Å². The van der Waals surface area contributed by atoms with E-state index in [1.165, 1.54) is 19.3 Å². The average molecular weight is 206 g/mol. The topological polar surface area (TPSA) is 0 Å². The predicted molar refractivity (Wildman–Crippen MR) is 64.7 cm³/mol. The molecular weight excluding hydrogens is 180 g/mol. The SMILES string of the molecule is CCC1CCC23CC12CC[C@H](C)C3CC. The minimum absolute atomic E-state index is 0.847. The zero-order valence-electron chi connectivity index (χ0n) is 10.7. The lowest BCUT2D eigenvalue weighted by atomic mass is 9.66. The highest BCUT2D eigenvalue weighted by Crippen LogP contribution is 2.84. The van der Waals surface area contributed by atoms with Crippen molar-refractivity contribution in [1.29, 1.82) is 0 Å². The lowest BCUT2D eigenvalue weighted by Gasteiger charge is -2.39. The van der Waals surface area contributed by atoms with Crippen molar-refractivity contribution >= 4 is 0 Å². The van der Waals surface area contributed by atoms with Crippen LogP contribution in [0.5, 0.6) is 0 Å². The van der Waals surface area contributed by atoms with Gasteiger partial charge >= 0.3 is 0 Å². The maximum Gasteiger partial charge on any atom is -0.0202 e. The molecule has 0 aliphatic heterocycles. The molecule has 0 heterocycles. The third-order valence-electron chi connectivity index (χ3n) is 6.59. The minimum atomic E-state index is 0.847. The van der Waals surface area contributed by atoms with Gasteiger partial charge in [-0.15, -0.1) is 0 Å². The van der Waals surface area contributed by atoms with E-state index in [9.17, 15) is 0 Å². The Morgan fingerprint density at radius 1 is 1.00 bits per heavy atom. The minimum Gasteiger partial charge on any atom is -0.0651 e. The molecule has 0 radical (unpaired) electrons. The Bertz CT molecular complexity index is 269. The summed E-state index contributed by atoms with van der Waals surface area (Å²) in [5.41, 5.74) is 1.70. The molecule has 0 spiro atoms. The highest BCUT2D eigenvalue weighted by Gasteiger charge is 2.76. The lowest BCUT2D eigenvalue weighted by Crippen LogP contribution is -2.32. The van der Waals surface area contributed by atoms with E-state index >= 15 is 0 Å². The summed E-state index contributed by atoms with van der Waals surface area (Å²) in [6.07, 6.45) is 10.7. The van der Waals surface area contributed by atoms with Gasteiger partial charge < -0.3 is 0 Å². The van der Waals surface area contributed by atoms with Crippen molar-refractivity contribution in [3.63, 3.8) is 0 Å². The molecular formula is C15H26. The third-order valence-corrected chi connectivity index (χ3v) is 6.59. The van der Waals surface area contributed by atoms with E-state index in [-0.39, 0.29) is 0 Å². The van der Waals surface area contributed by atoms with Crippen LogP contribution < -0.4 is 0 Å². The summed E-state index contributed by atoms with van der Waals surface area (Å²) >= 11 is 0. The van der Waals surface area contributed by atoms with E-state index in [1.807, 2.05) is 0 Å². The van der Waals surface area contributed by atoms with E-state index in [4.69, 9.17) is 0 Å². The molecule has 0 aromatic heterocycles. The summed E-state index contributed by atoms with van der Waals surface area (Å²) in [4.78, 5) is 0. The van der Waals surface area contributed by atoms with Gasteiger partial charge in [0.1, 0.15) is 0 Å². The largest absolute Gasteiger partial charge is 0.0651 e. The molecule has 86 valence electrons. The molecule has 0 aromatic carbocycles. The summed E-state index contributed by atoms with van der Waals surface area (Å²) in [6.45, 7) is 7.38. The highest BCUT2D eigenvalue weighted by atomic mass is 14.8. The summed E-state index contributed by atoms with van der Waals surface area (Å²) in [5, 5.41) is 0. The Hall–Kier alpha value is 0. The molecule has 0 amide bonds. The van der Waals surface area contributed by atoms with Gasteiger partial charge in [0, 0.05) is 0 Å². The molecule has 15 heavy (non-hydrogen) atoms. The van der Waals surface area contributed by atoms with Gasteiger partial charge in [-0.2, -0.15) is 0 Å². The van der Waals surface area contributed by atoms with Crippen LogP contribution in [0.1, 0.15) is 65.7 Å². The van der Waals surface area contributed by atoms with E-state index in [1.54, 1.807) is 25.7 Å². The molecule has 0 nitrogen and oxygen atoms in total. The lowest BCUT2D eigenvalue weighted by molar-refractivity contribution is 0.0972. The Kier molecular flexibility index (Phi) is 2.05. The fourth-order valence-electron chi connectivity index (χ4n) is 5.96. The molecule has 0 heteroatoms. The standard InChI is InChI=1S/C15H26/c1-4-12-7-9-15-10-14(12,15)8-6-11(3)13(15)5-2/h11-13H,4-10H2,1-3H3/t11-,12?,13?,14?,15?/m0/s1. The first-order valence-corrected chi connectivity index (χ1v) is 7.20. The summed E-state index contributed by atoms with van der Waals surface area (Å²) < 4.78 is 0. The van der Waals surface area contributed by atoms with Gasteiger partial charge in [-0.25, -0.2) is 0 Å². The number of hydrogen-bond donors (Lipinski definition) is 0. The first kappa shape index (κ1) is 10.2. The average Bonchev–Trinajstić information content (AvgIpc) is 2.80. The molecule has 3 aliphatic carbocycles. The fraction of sp³-hybridized carbons (Fsp3) is 1.00. The third kappa shape index (κ3) is 0.996. The smallest absolute Gasteiger partial charge is 0.0202 e. The Labute approximate surface area is 94.8 Å². The van der Waals surface area contributed by atoms with Crippen LogP contribution in [0.3, 0.4) is 0 Å². The predicted octanol–water partition coefficient (Wildman–Crippen LogP) is 4.64. The van der Waals surface area contributed by atoms with Crippen LogP contribution >= 0.6 is 0 Å². The van der Waals surface area contributed by atoms with Gasteiger partial charge in [-0.3, -0.25) is 0 Å². The second kappa shape index (κ2) is 3.02. The molecule has 3 aliphatic rings. The summed E-state index contributed by atoms with van der Waals surface area (Å²) in [6, 6.07) is 0. The van der Waals surface area contributed by atoms with Crippen LogP contribution in [0, 0.1) is 28.6 Å². The Morgan fingerprint density at radius 2 is 1.73 bits per heavy atom. The van der Waals surface area contributed by atoms with Crippen molar-refractivity contribution in [2.24, 2.45) is 28.6 Å². The second-order valence-electron chi connectivity index (χ2n) is 6.66. The van der Waals surface area contributed by atoms with Crippen LogP contribution in [-0.2, 0) is 0 Å². The van der Waals surface area contributed by atoms with Crippen LogP contribution in [0.4, 0.5) is 0 Å². The quantitative estimate of drug-likeness (QED) is 0.617. The maximum absolute atomic E-state index is 2.52. The van der Waals surface area contributed by atoms with Gasteiger partial charge in [0.15, 0.2) is 0 Å². The molecule has 0 bridgehead atoms. The molecule has 0 aromatic rings. The zero-order valence-corrected chi connectivity index (χ0v) is 10.7. The molecule has 4 unspecified atom stereocenters. The van der Waals surface area contributed by atoms with Crippen molar-refractivity contribution < 1.29 is 0 Å². The van der Waals surface area contributed by atoms with E-state index in [2.05, 4.69) is 20.8 Å². The van der Waals surface area contributed by atoms with Gasteiger partial charge in [-0.1, -0.05) is 33.6 Å². The monoisotopic (exact) mass is 206 g/mol. The van der Waals surface area contributed by atoms with Crippen molar-refractivity contribution in [1.82, 2.24) is 0 Å². The van der Waals surface area contributed by atoms with Crippen LogP contribution in [0.15, 0.2) is 0 Å². The normalized spacial score (nSPS) is 57.4. The van der Waals surface area contributed by atoms with Crippen LogP contribution in [0.2, 0.25) is 0 Å². The van der Waals surface area contributed by atoms with Crippen molar-refractivity contribution in [3.05, 3.63) is 0 Å². The van der Waals surface area contributed by atoms with Crippen molar-refractivity contribution in [3.8, 4) is 0 Å². The Morgan fingerprint density at radius 3 is 2.40 bits per heavy atom. The van der Waals surface area contributed by atoms with Gasteiger partial charge in [-0.05, 0) is 60.7 Å². The molecule has 0 N–H and O–H groups in total. The van der Waals surface area contributed by atoms with Crippen LogP contribution in [-0.4, -0.2) is 0 Å².